The number of halogens is 3. The molecule has 1 heterocycles. The number of carbonyl (C=O) groups excluding carboxylic acids is 1. The van der Waals surface area contributed by atoms with E-state index >= 15 is 0 Å². The van der Waals surface area contributed by atoms with Crippen molar-refractivity contribution >= 4 is 5.91 Å². The molecule has 0 aromatic heterocycles. The summed E-state index contributed by atoms with van der Waals surface area (Å²) in [4.78, 5) is 13.2. The summed E-state index contributed by atoms with van der Waals surface area (Å²) in [5.74, 6) is -0.00104. The van der Waals surface area contributed by atoms with Gasteiger partial charge < -0.3 is 10.2 Å². The molecule has 2 fully saturated rings. The minimum absolute atomic E-state index is 0.254. The summed E-state index contributed by atoms with van der Waals surface area (Å²) in [6.07, 6.45) is 0.291. The van der Waals surface area contributed by atoms with Gasteiger partial charge in [-0.05, 0) is 44.7 Å². The van der Waals surface area contributed by atoms with Crippen molar-refractivity contribution in [3.8, 4) is 0 Å². The van der Waals surface area contributed by atoms with E-state index in [0.717, 1.165) is 24.2 Å². The van der Waals surface area contributed by atoms with Crippen LogP contribution >= 0.6 is 0 Å². The van der Waals surface area contributed by atoms with Crippen molar-refractivity contribution in [1.29, 1.82) is 0 Å². The summed E-state index contributed by atoms with van der Waals surface area (Å²) in [5.41, 5.74) is 0. The standard InChI is InChI=1S/C13H21F3N2O/c14-13(15,16)9-18(11-4-6-17-7-5-11)12(19)8-10-2-1-3-10/h10-11,17H,1-9H2. The van der Waals surface area contributed by atoms with Crippen LogP contribution in [0.4, 0.5) is 13.2 Å². The molecule has 2 aliphatic rings. The molecule has 1 saturated heterocycles. The van der Waals surface area contributed by atoms with E-state index in [1.807, 2.05) is 0 Å². The van der Waals surface area contributed by atoms with Crippen molar-refractivity contribution < 1.29 is 18.0 Å². The van der Waals surface area contributed by atoms with Gasteiger partial charge in [-0.2, -0.15) is 13.2 Å². The largest absolute Gasteiger partial charge is 0.406 e. The van der Waals surface area contributed by atoms with Crippen LogP contribution in [0.25, 0.3) is 0 Å². The highest BCUT2D eigenvalue weighted by Crippen LogP contribution is 2.31. The molecule has 3 nitrogen and oxygen atoms in total. The summed E-state index contributed by atoms with van der Waals surface area (Å²) in [6.45, 7) is 0.286. The van der Waals surface area contributed by atoms with Gasteiger partial charge in [0.05, 0.1) is 0 Å². The lowest BCUT2D eigenvalue weighted by Crippen LogP contribution is -2.50. The van der Waals surface area contributed by atoms with Crippen LogP contribution < -0.4 is 5.32 Å². The lowest BCUT2D eigenvalue weighted by Gasteiger charge is -2.37. The average Bonchev–Trinajstić information content (AvgIpc) is 2.30. The smallest absolute Gasteiger partial charge is 0.331 e. The number of piperidine rings is 1. The van der Waals surface area contributed by atoms with Crippen LogP contribution in [0.5, 0.6) is 0 Å². The lowest BCUT2D eigenvalue weighted by molar-refractivity contribution is -0.167. The number of alkyl halides is 3. The number of carbonyl (C=O) groups is 1. The number of hydrogen-bond donors (Lipinski definition) is 1. The van der Waals surface area contributed by atoms with Crippen LogP contribution in [0.1, 0.15) is 38.5 Å². The number of rotatable bonds is 4. The maximum atomic E-state index is 12.6. The second-order valence-corrected chi connectivity index (χ2v) is 5.62. The Bertz CT molecular complexity index is 310. The Morgan fingerprint density at radius 2 is 1.79 bits per heavy atom. The molecule has 1 amide bonds. The molecular weight excluding hydrogens is 257 g/mol. The van der Waals surface area contributed by atoms with E-state index in [2.05, 4.69) is 5.32 Å². The average molecular weight is 278 g/mol. The van der Waals surface area contributed by atoms with Gasteiger partial charge in [0, 0.05) is 12.5 Å². The first kappa shape index (κ1) is 14.6. The van der Waals surface area contributed by atoms with Crippen molar-refractivity contribution in [2.45, 2.75) is 50.7 Å². The van der Waals surface area contributed by atoms with Gasteiger partial charge in [-0.15, -0.1) is 0 Å². The van der Waals surface area contributed by atoms with Crippen molar-refractivity contribution in [3.05, 3.63) is 0 Å². The zero-order chi connectivity index (χ0) is 13.9. The second-order valence-electron chi connectivity index (χ2n) is 5.62. The molecule has 6 heteroatoms. The zero-order valence-electron chi connectivity index (χ0n) is 11.0. The first-order valence-electron chi connectivity index (χ1n) is 7.02. The summed E-state index contributed by atoms with van der Waals surface area (Å²) >= 11 is 0. The van der Waals surface area contributed by atoms with Crippen LogP contribution in [0.15, 0.2) is 0 Å². The highest BCUT2D eigenvalue weighted by molar-refractivity contribution is 5.77. The maximum Gasteiger partial charge on any atom is 0.406 e. The van der Waals surface area contributed by atoms with Crippen molar-refractivity contribution in [3.63, 3.8) is 0 Å². The Balaban J connectivity index is 1.96. The molecule has 110 valence electrons. The predicted octanol–water partition coefficient (Wildman–Crippen LogP) is 2.32. The molecule has 19 heavy (non-hydrogen) atoms. The molecule has 2 rings (SSSR count). The van der Waals surface area contributed by atoms with E-state index in [1.165, 1.54) is 0 Å². The SMILES string of the molecule is O=C(CC1CCC1)N(CC(F)(F)F)C1CCNCC1. The van der Waals surface area contributed by atoms with Crippen LogP contribution in [-0.4, -0.2) is 42.7 Å². The minimum Gasteiger partial charge on any atom is -0.331 e. The van der Waals surface area contributed by atoms with E-state index in [4.69, 9.17) is 0 Å². The Hall–Kier alpha value is -0.780. The van der Waals surface area contributed by atoms with Crippen molar-refractivity contribution in [2.75, 3.05) is 19.6 Å². The molecule has 0 spiro atoms. The van der Waals surface area contributed by atoms with Gasteiger partial charge in [-0.25, -0.2) is 0 Å². The molecule has 0 bridgehead atoms. The molecule has 1 aliphatic heterocycles. The third-order valence-corrected chi connectivity index (χ3v) is 4.11. The van der Waals surface area contributed by atoms with E-state index in [-0.39, 0.29) is 11.9 Å². The van der Waals surface area contributed by atoms with Crippen molar-refractivity contribution in [2.24, 2.45) is 5.92 Å². The van der Waals surface area contributed by atoms with Crippen LogP contribution in [-0.2, 0) is 4.79 Å². The van der Waals surface area contributed by atoms with E-state index < -0.39 is 12.7 Å². The Labute approximate surface area is 111 Å². The van der Waals surface area contributed by atoms with Gasteiger partial charge in [0.25, 0.3) is 0 Å². The number of amides is 1. The van der Waals surface area contributed by atoms with Crippen LogP contribution in [0.2, 0.25) is 0 Å². The first-order valence-corrected chi connectivity index (χ1v) is 7.02. The predicted molar refractivity (Wildman–Crippen MR) is 65.6 cm³/mol. The summed E-state index contributed by atoms with van der Waals surface area (Å²) in [7, 11) is 0. The highest BCUT2D eigenvalue weighted by Gasteiger charge is 2.37. The van der Waals surface area contributed by atoms with Crippen LogP contribution in [0.3, 0.4) is 0 Å². The summed E-state index contributed by atoms with van der Waals surface area (Å²) in [5, 5.41) is 3.12. The van der Waals surface area contributed by atoms with Gasteiger partial charge in [-0.3, -0.25) is 4.79 Å². The topological polar surface area (TPSA) is 32.3 Å². The molecule has 0 unspecified atom stereocenters. The van der Waals surface area contributed by atoms with Gasteiger partial charge in [0.2, 0.25) is 5.91 Å². The molecular formula is C13H21F3N2O. The minimum atomic E-state index is -4.31. The monoisotopic (exact) mass is 278 g/mol. The molecule has 1 aliphatic carbocycles. The van der Waals surface area contributed by atoms with Gasteiger partial charge in [0.15, 0.2) is 0 Å². The molecule has 0 aromatic rings. The quantitative estimate of drug-likeness (QED) is 0.856. The Morgan fingerprint density at radius 1 is 1.16 bits per heavy atom. The number of nitrogens with zero attached hydrogens (tertiary/aromatic N) is 1. The first-order chi connectivity index (χ1) is 8.96. The number of hydrogen-bond acceptors (Lipinski definition) is 2. The third-order valence-electron chi connectivity index (χ3n) is 4.11. The second kappa shape index (κ2) is 6.11. The molecule has 0 radical (unpaired) electrons. The van der Waals surface area contributed by atoms with E-state index in [0.29, 0.717) is 38.3 Å². The molecule has 1 saturated carbocycles. The Morgan fingerprint density at radius 3 is 2.26 bits per heavy atom. The van der Waals surface area contributed by atoms with E-state index in [9.17, 15) is 18.0 Å². The third kappa shape index (κ3) is 4.37. The fraction of sp³-hybridized carbons (Fsp3) is 0.923. The van der Waals surface area contributed by atoms with Crippen LogP contribution in [0, 0.1) is 5.92 Å². The van der Waals surface area contributed by atoms with Gasteiger partial charge in [0.1, 0.15) is 6.54 Å². The fourth-order valence-electron chi connectivity index (χ4n) is 2.79. The summed E-state index contributed by atoms with van der Waals surface area (Å²) in [6, 6.07) is -0.254. The maximum absolute atomic E-state index is 12.6. The van der Waals surface area contributed by atoms with Gasteiger partial charge >= 0.3 is 6.18 Å². The molecule has 0 atom stereocenters. The zero-order valence-corrected chi connectivity index (χ0v) is 11.0. The highest BCUT2D eigenvalue weighted by atomic mass is 19.4. The molecule has 1 N–H and O–H groups in total. The van der Waals surface area contributed by atoms with Gasteiger partial charge in [-0.1, -0.05) is 6.42 Å². The fourth-order valence-corrected chi connectivity index (χ4v) is 2.79. The Kier molecular flexibility index (Phi) is 4.71. The van der Waals surface area contributed by atoms with Crippen molar-refractivity contribution in [1.82, 2.24) is 10.2 Å². The lowest BCUT2D eigenvalue weighted by atomic mass is 9.82. The summed E-state index contributed by atoms with van der Waals surface area (Å²) < 4.78 is 37.9. The number of nitrogens with one attached hydrogen (secondary N) is 1. The van der Waals surface area contributed by atoms with E-state index in [1.54, 1.807) is 0 Å². The molecule has 0 aromatic carbocycles. The normalized spacial score (nSPS) is 22.1.